The summed E-state index contributed by atoms with van der Waals surface area (Å²) in [5, 5.41) is 2.07. The van der Waals surface area contributed by atoms with Crippen LogP contribution < -0.4 is 4.74 Å². The van der Waals surface area contributed by atoms with Crippen molar-refractivity contribution in [2.45, 2.75) is 13.8 Å². The SMILES string of the molecule is Cc1ccc2cccc(OCC(C)CBr)c2n1. The lowest BCUT2D eigenvalue weighted by Crippen LogP contribution is -2.09. The molecule has 1 aromatic carbocycles. The Morgan fingerprint density at radius 1 is 1.29 bits per heavy atom. The maximum absolute atomic E-state index is 5.83. The topological polar surface area (TPSA) is 22.1 Å². The Labute approximate surface area is 110 Å². The quantitative estimate of drug-likeness (QED) is 0.796. The fraction of sp³-hybridized carbons (Fsp3) is 0.357. The van der Waals surface area contributed by atoms with Gasteiger partial charge >= 0.3 is 0 Å². The number of rotatable bonds is 4. The molecule has 1 aromatic heterocycles. The minimum atomic E-state index is 0.495. The van der Waals surface area contributed by atoms with Crippen LogP contribution >= 0.6 is 15.9 Å². The maximum atomic E-state index is 5.83. The first-order valence-electron chi connectivity index (χ1n) is 5.76. The fourth-order valence-electron chi connectivity index (χ4n) is 1.61. The number of para-hydroxylation sites is 1. The van der Waals surface area contributed by atoms with Gasteiger partial charge in [0.2, 0.25) is 0 Å². The Morgan fingerprint density at radius 3 is 2.88 bits per heavy atom. The molecule has 17 heavy (non-hydrogen) atoms. The van der Waals surface area contributed by atoms with Crippen LogP contribution in [0.4, 0.5) is 0 Å². The zero-order valence-corrected chi connectivity index (χ0v) is 11.7. The van der Waals surface area contributed by atoms with Crippen LogP contribution in [0.3, 0.4) is 0 Å². The normalized spacial score (nSPS) is 12.6. The standard InChI is InChI=1S/C14H16BrNO/c1-10(8-15)9-17-13-5-3-4-12-7-6-11(2)16-14(12)13/h3-7,10H,8-9H2,1-2H3. The Morgan fingerprint density at radius 2 is 2.12 bits per heavy atom. The molecule has 90 valence electrons. The molecular formula is C14H16BrNO. The summed E-state index contributed by atoms with van der Waals surface area (Å²) in [7, 11) is 0. The highest BCUT2D eigenvalue weighted by molar-refractivity contribution is 9.09. The van der Waals surface area contributed by atoms with Crippen molar-refractivity contribution in [1.29, 1.82) is 0 Å². The van der Waals surface area contributed by atoms with Gasteiger partial charge < -0.3 is 4.74 Å². The van der Waals surface area contributed by atoms with Crippen molar-refractivity contribution in [1.82, 2.24) is 4.98 Å². The van der Waals surface area contributed by atoms with Crippen molar-refractivity contribution in [2.75, 3.05) is 11.9 Å². The maximum Gasteiger partial charge on any atom is 0.145 e. The first-order valence-corrected chi connectivity index (χ1v) is 6.88. The molecule has 1 unspecified atom stereocenters. The van der Waals surface area contributed by atoms with Crippen LogP contribution in [0.15, 0.2) is 30.3 Å². The van der Waals surface area contributed by atoms with Gasteiger partial charge in [-0.3, -0.25) is 0 Å². The highest BCUT2D eigenvalue weighted by atomic mass is 79.9. The zero-order chi connectivity index (χ0) is 12.3. The fourth-order valence-corrected chi connectivity index (χ4v) is 1.80. The van der Waals surface area contributed by atoms with Gasteiger partial charge in [0.05, 0.1) is 6.61 Å². The van der Waals surface area contributed by atoms with E-state index in [9.17, 15) is 0 Å². The predicted octanol–water partition coefficient (Wildman–Crippen LogP) is 3.95. The van der Waals surface area contributed by atoms with Crippen LogP contribution in [0.1, 0.15) is 12.6 Å². The van der Waals surface area contributed by atoms with Crippen molar-refractivity contribution in [3.05, 3.63) is 36.0 Å². The lowest BCUT2D eigenvalue weighted by Gasteiger charge is -2.12. The molecule has 0 radical (unpaired) electrons. The number of ether oxygens (including phenoxy) is 1. The summed E-state index contributed by atoms with van der Waals surface area (Å²) in [5.74, 6) is 1.37. The van der Waals surface area contributed by atoms with Gasteiger partial charge in [0.25, 0.3) is 0 Å². The van der Waals surface area contributed by atoms with Crippen molar-refractivity contribution in [2.24, 2.45) is 5.92 Å². The third-order valence-electron chi connectivity index (χ3n) is 2.61. The molecule has 0 bridgehead atoms. The number of alkyl halides is 1. The Hall–Kier alpha value is -1.09. The summed E-state index contributed by atoms with van der Waals surface area (Å²) in [6, 6.07) is 10.2. The van der Waals surface area contributed by atoms with Gasteiger partial charge in [0.15, 0.2) is 0 Å². The van der Waals surface area contributed by atoms with Gasteiger partial charge in [0, 0.05) is 16.4 Å². The summed E-state index contributed by atoms with van der Waals surface area (Å²) in [6.07, 6.45) is 0. The molecule has 0 spiro atoms. The van der Waals surface area contributed by atoms with Gasteiger partial charge in [0.1, 0.15) is 11.3 Å². The molecule has 2 rings (SSSR count). The highest BCUT2D eigenvalue weighted by Gasteiger charge is 2.06. The van der Waals surface area contributed by atoms with E-state index in [2.05, 4.69) is 40.0 Å². The molecule has 0 aliphatic carbocycles. The molecule has 2 aromatic rings. The molecule has 0 aliphatic rings. The predicted molar refractivity (Wildman–Crippen MR) is 74.9 cm³/mol. The molecule has 0 amide bonds. The van der Waals surface area contributed by atoms with Crippen molar-refractivity contribution in [3.8, 4) is 5.75 Å². The minimum Gasteiger partial charge on any atom is -0.491 e. The van der Waals surface area contributed by atoms with E-state index in [-0.39, 0.29) is 0 Å². The van der Waals surface area contributed by atoms with Crippen molar-refractivity contribution >= 4 is 26.8 Å². The van der Waals surface area contributed by atoms with E-state index in [1.165, 1.54) is 0 Å². The van der Waals surface area contributed by atoms with Crippen LogP contribution in [-0.4, -0.2) is 16.9 Å². The third-order valence-corrected chi connectivity index (χ3v) is 3.71. The second kappa shape index (κ2) is 5.50. The molecule has 0 fully saturated rings. The molecule has 0 saturated heterocycles. The zero-order valence-electron chi connectivity index (χ0n) is 10.1. The van der Waals surface area contributed by atoms with E-state index in [1.807, 2.05) is 25.1 Å². The second-order valence-corrected chi connectivity index (χ2v) is 5.00. The number of nitrogens with zero attached hydrogens (tertiary/aromatic N) is 1. The smallest absolute Gasteiger partial charge is 0.145 e. The van der Waals surface area contributed by atoms with Gasteiger partial charge in [-0.2, -0.15) is 0 Å². The first kappa shape index (κ1) is 12.4. The number of aromatic nitrogens is 1. The largest absolute Gasteiger partial charge is 0.491 e. The first-order chi connectivity index (χ1) is 8.20. The lowest BCUT2D eigenvalue weighted by atomic mass is 10.2. The average molecular weight is 294 g/mol. The monoisotopic (exact) mass is 293 g/mol. The minimum absolute atomic E-state index is 0.495. The van der Waals surface area contributed by atoms with Gasteiger partial charge in [-0.15, -0.1) is 0 Å². The summed E-state index contributed by atoms with van der Waals surface area (Å²) in [4.78, 5) is 4.54. The average Bonchev–Trinajstić information content (AvgIpc) is 2.35. The lowest BCUT2D eigenvalue weighted by molar-refractivity contribution is 0.276. The molecule has 1 atom stereocenters. The number of fused-ring (bicyclic) bond motifs is 1. The van der Waals surface area contributed by atoms with Crippen LogP contribution in [0.2, 0.25) is 0 Å². The van der Waals surface area contributed by atoms with Crippen molar-refractivity contribution in [3.63, 3.8) is 0 Å². The van der Waals surface area contributed by atoms with E-state index in [1.54, 1.807) is 0 Å². The molecule has 0 saturated carbocycles. The molecule has 2 nitrogen and oxygen atoms in total. The van der Waals surface area contributed by atoms with Crippen LogP contribution in [-0.2, 0) is 0 Å². The molecule has 1 heterocycles. The Kier molecular flexibility index (Phi) is 4.00. The summed E-state index contributed by atoms with van der Waals surface area (Å²) < 4.78 is 5.83. The summed E-state index contributed by atoms with van der Waals surface area (Å²) >= 11 is 3.45. The van der Waals surface area contributed by atoms with Gasteiger partial charge in [-0.25, -0.2) is 4.98 Å². The highest BCUT2D eigenvalue weighted by Crippen LogP contribution is 2.24. The Balaban J connectivity index is 2.30. The van der Waals surface area contributed by atoms with Gasteiger partial charge in [-0.1, -0.05) is 41.1 Å². The number of hydrogen-bond acceptors (Lipinski definition) is 2. The van der Waals surface area contributed by atoms with Crippen LogP contribution in [0, 0.1) is 12.8 Å². The third kappa shape index (κ3) is 2.97. The summed E-state index contributed by atoms with van der Waals surface area (Å²) in [6.45, 7) is 4.86. The molecule has 0 aliphatic heterocycles. The van der Waals surface area contributed by atoms with Crippen molar-refractivity contribution < 1.29 is 4.74 Å². The number of hydrogen-bond donors (Lipinski definition) is 0. The summed E-state index contributed by atoms with van der Waals surface area (Å²) in [5.41, 5.74) is 1.97. The van der Waals surface area contributed by atoms with Crippen LogP contribution in [0.5, 0.6) is 5.75 Å². The molecule has 0 N–H and O–H groups in total. The molecule has 3 heteroatoms. The van der Waals surface area contributed by atoms with E-state index >= 15 is 0 Å². The number of pyridine rings is 1. The van der Waals surface area contributed by atoms with E-state index in [0.717, 1.165) is 27.7 Å². The van der Waals surface area contributed by atoms with Gasteiger partial charge in [-0.05, 0) is 25.0 Å². The number of halogens is 1. The second-order valence-electron chi connectivity index (χ2n) is 4.35. The van der Waals surface area contributed by atoms with Crippen LogP contribution in [0.25, 0.3) is 10.9 Å². The number of benzene rings is 1. The molecular weight excluding hydrogens is 278 g/mol. The van der Waals surface area contributed by atoms with E-state index in [0.29, 0.717) is 12.5 Å². The number of aryl methyl sites for hydroxylation is 1. The van der Waals surface area contributed by atoms with E-state index in [4.69, 9.17) is 4.74 Å². The Bertz CT molecular complexity index is 513. The van der Waals surface area contributed by atoms with E-state index < -0.39 is 0 Å².